The van der Waals surface area contributed by atoms with E-state index in [0.29, 0.717) is 48.4 Å². The molecule has 6 nitrogen and oxygen atoms in total. The van der Waals surface area contributed by atoms with Gasteiger partial charge >= 0.3 is 0 Å². The number of amides is 3. The molecule has 2 aliphatic rings. The van der Waals surface area contributed by atoms with Crippen molar-refractivity contribution in [3.8, 4) is 0 Å². The molecule has 2 aliphatic heterocycles. The molecule has 0 aliphatic carbocycles. The predicted molar refractivity (Wildman–Crippen MR) is 115 cm³/mol. The summed E-state index contributed by atoms with van der Waals surface area (Å²) in [4.78, 5) is 43.4. The summed E-state index contributed by atoms with van der Waals surface area (Å²) in [5, 5.41) is 1.47. The first-order chi connectivity index (χ1) is 15.0. The minimum absolute atomic E-state index is 0.290. The fraction of sp³-hybridized carbons (Fsp3) is 0.208. The average molecular weight is 417 g/mol. The van der Waals surface area contributed by atoms with Gasteiger partial charge in [-0.1, -0.05) is 36.4 Å². The van der Waals surface area contributed by atoms with Gasteiger partial charge in [-0.3, -0.25) is 19.3 Å². The van der Waals surface area contributed by atoms with Crippen molar-refractivity contribution in [3.63, 3.8) is 0 Å². The summed E-state index contributed by atoms with van der Waals surface area (Å²) in [5.74, 6) is -1.48. The van der Waals surface area contributed by atoms with Gasteiger partial charge in [0.2, 0.25) is 5.91 Å². The molecule has 5 rings (SSSR count). The van der Waals surface area contributed by atoms with Gasteiger partial charge in [0, 0.05) is 42.7 Å². The fourth-order valence-corrected chi connectivity index (χ4v) is 4.36. The quantitative estimate of drug-likeness (QED) is 0.615. The van der Waals surface area contributed by atoms with Gasteiger partial charge in [0.05, 0.1) is 5.69 Å². The number of halogens is 1. The van der Waals surface area contributed by atoms with E-state index in [1.807, 2.05) is 17.0 Å². The van der Waals surface area contributed by atoms with Crippen molar-refractivity contribution in [3.05, 3.63) is 77.6 Å². The van der Waals surface area contributed by atoms with Crippen LogP contribution in [0, 0.1) is 5.82 Å². The zero-order valence-electron chi connectivity index (χ0n) is 16.8. The zero-order valence-corrected chi connectivity index (χ0v) is 16.8. The highest BCUT2D eigenvalue weighted by atomic mass is 19.1. The number of rotatable bonds is 3. The summed E-state index contributed by atoms with van der Waals surface area (Å²) in [7, 11) is 0. The molecule has 1 fully saturated rings. The molecule has 156 valence electrons. The second kappa shape index (κ2) is 7.50. The van der Waals surface area contributed by atoms with Gasteiger partial charge in [0.15, 0.2) is 0 Å². The summed E-state index contributed by atoms with van der Waals surface area (Å²) in [6.07, 6.45) is 0. The van der Waals surface area contributed by atoms with Crippen LogP contribution in [0.25, 0.3) is 10.8 Å². The molecule has 0 spiro atoms. The molecule has 3 amide bonds. The number of para-hydroxylation sites is 1. The molecule has 3 aromatic carbocycles. The third-order valence-electron chi connectivity index (χ3n) is 5.97. The molecule has 0 aromatic heterocycles. The van der Waals surface area contributed by atoms with Crippen molar-refractivity contribution < 1.29 is 18.8 Å². The van der Waals surface area contributed by atoms with E-state index in [1.54, 1.807) is 47.4 Å². The Hall–Kier alpha value is -3.74. The van der Waals surface area contributed by atoms with Gasteiger partial charge in [-0.05, 0) is 29.7 Å². The SMILES string of the molecule is O=C(CN1C(=O)c2cccc3cccc(c23)C1=O)N1CCN(c2ccccc2F)CC1. The number of carbonyl (C=O) groups excluding carboxylic acids is 3. The van der Waals surface area contributed by atoms with Gasteiger partial charge in [-0.2, -0.15) is 0 Å². The standard InChI is InChI=1S/C24H20FN3O3/c25-19-9-1-2-10-20(19)26-11-13-27(14-12-26)21(29)15-28-23(30)17-7-3-5-16-6-4-8-18(22(16)17)24(28)31/h1-10H,11-15H2. The number of carbonyl (C=O) groups is 3. The first-order valence-corrected chi connectivity index (χ1v) is 10.2. The smallest absolute Gasteiger partial charge is 0.261 e. The van der Waals surface area contributed by atoms with E-state index >= 15 is 0 Å². The lowest BCUT2D eigenvalue weighted by atomic mass is 9.94. The number of hydrogen-bond donors (Lipinski definition) is 0. The number of hydrogen-bond acceptors (Lipinski definition) is 4. The summed E-state index contributed by atoms with van der Waals surface area (Å²) in [6.45, 7) is 1.46. The van der Waals surface area contributed by atoms with Crippen LogP contribution < -0.4 is 4.90 Å². The van der Waals surface area contributed by atoms with Gasteiger partial charge in [-0.25, -0.2) is 4.39 Å². The molecule has 3 aromatic rings. The molecular weight excluding hydrogens is 397 g/mol. The number of imide groups is 1. The van der Waals surface area contributed by atoms with Gasteiger partial charge < -0.3 is 9.80 Å². The van der Waals surface area contributed by atoms with E-state index < -0.39 is 11.8 Å². The minimum Gasteiger partial charge on any atom is -0.366 e. The Bertz CT molecular complexity index is 1170. The van der Waals surface area contributed by atoms with E-state index in [0.717, 1.165) is 10.3 Å². The summed E-state index contributed by atoms with van der Waals surface area (Å²) < 4.78 is 14.0. The maximum atomic E-state index is 14.0. The second-order valence-corrected chi connectivity index (χ2v) is 7.72. The van der Waals surface area contributed by atoms with Crippen LogP contribution in [0.5, 0.6) is 0 Å². The first-order valence-electron chi connectivity index (χ1n) is 10.2. The van der Waals surface area contributed by atoms with E-state index in [1.165, 1.54) is 6.07 Å². The molecule has 0 radical (unpaired) electrons. The maximum Gasteiger partial charge on any atom is 0.261 e. The number of anilines is 1. The van der Waals surface area contributed by atoms with Gasteiger partial charge in [0.1, 0.15) is 12.4 Å². The Kier molecular flexibility index (Phi) is 4.66. The zero-order chi connectivity index (χ0) is 21.5. The molecule has 7 heteroatoms. The predicted octanol–water partition coefficient (Wildman–Crippen LogP) is 2.92. The summed E-state index contributed by atoms with van der Waals surface area (Å²) >= 11 is 0. The van der Waals surface area contributed by atoms with Crippen molar-refractivity contribution in [2.24, 2.45) is 0 Å². The van der Waals surface area contributed by atoms with Crippen LogP contribution in [0.1, 0.15) is 20.7 Å². The highest BCUT2D eigenvalue weighted by Gasteiger charge is 2.35. The Balaban J connectivity index is 1.31. The highest BCUT2D eigenvalue weighted by molar-refractivity contribution is 6.26. The highest BCUT2D eigenvalue weighted by Crippen LogP contribution is 2.30. The van der Waals surface area contributed by atoms with E-state index in [4.69, 9.17) is 0 Å². The second-order valence-electron chi connectivity index (χ2n) is 7.72. The molecular formula is C24H20FN3O3. The number of piperazine rings is 1. The molecule has 0 saturated carbocycles. The summed E-state index contributed by atoms with van der Waals surface area (Å²) in [5.41, 5.74) is 1.38. The molecule has 31 heavy (non-hydrogen) atoms. The minimum atomic E-state index is -0.451. The van der Waals surface area contributed by atoms with Crippen LogP contribution in [-0.4, -0.2) is 60.2 Å². The number of benzene rings is 3. The lowest BCUT2D eigenvalue weighted by Gasteiger charge is -2.37. The fourth-order valence-electron chi connectivity index (χ4n) is 4.36. The Morgan fingerprint density at radius 3 is 2.03 bits per heavy atom. The van der Waals surface area contributed by atoms with E-state index in [9.17, 15) is 18.8 Å². The summed E-state index contributed by atoms with van der Waals surface area (Å²) in [6, 6.07) is 17.2. The maximum absolute atomic E-state index is 14.0. The Morgan fingerprint density at radius 2 is 1.42 bits per heavy atom. The third kappa shape index (κ3) is 3.22. The van der Waals surface area contributed by atoms with Gasteiger partial charge in [0.25, 0.3) is 11.8 Å². The van der Waals surface area contributed by atoms with Crippen LogP contribution in [0.4, 0.5) is 10.1 Å². The molecule has 0 bridgehead atoms. The monoisotopic (exact) mass is 417 g/mol. The Morgan fingerprint density at radius 1 is 0.806 bits per heavy atom. The van der Waals surface area contributed by atoms with Crippen molar-refractivity contribution in [1.82, 2.24) is 9.80 Å². The Labute approximate surface area is 178 Å². The van der Waals surface area contributed by atoms with Crippen molar-refractivity contribution in [2.75, 3.05) is 37.6 Å². The van der Waals surface area contributed by atoms with Crippen LogP contribution in [-0.2, 0) is 4.79 Å². The number of nitrogens with zero attached hydrogens (tertiary/aromatic N) is 3. The van der Waals surface area contributed by atoms with Crippen molar-refractivity contribution in [1.29, 1.82) is 0 Å². The van der Waals surface area contributed by atoms with Crippen LogP contribution in [0.3, 0.4) is 0 Å². The topological polar surface area (TPSA) is 60.9 Å². The lowest BCUT2D eigenvalue weighted by molar-refractivity contribution is -0.131. The van der Waals surface area contributed by atoms with E-state index in [-0.39, 0.29) is 18.3 Å². The molecule has 0 N–H and O–H groups in total. The molecule has 0 atom stereocenters. The third-order valence-corrected chi connectivity index (χ3v) is 5.97. The van der Waals surface area contributed by atoms with Crippen molar-refractivity contribution in [2.45, 2.75) is 0 Å². The molecule has 2 heterocycles. The van der Waals surface area contributed by atoms with Crippen molar-refractivity contribution >= 4 is 34.2 Å². The normalized spacial score (nSPS) is 16.2. The van der Waals surface area contributed by atoms with Crippen LogP contribution in [0.15, 0.2) is 60.7 Å². The lowest BCUT2D eigenvalue weighted by Crippen LogP contribution is -2.53. The van der Waals surface area contributed by atoms with Gasteiger partial charge in [-0.15, -0.1) is 0 Å². The first kappa shape index (κ1) is 19.2. The molecule has 0 unspecified atom stereocenters. The molecule has 1 saturated heterocycles. The van der Waals surface area contributed by atoms with E-state index in [2.05, 4.69) is 0 Å². The van der Waals surface area contributed by atoms with Crippen LogP contribution in [0.2, 0.25) is 0 Å². The largest absolute Gasteiger partial charge is 0.366 e. The average Bonchev–Trinajstić information content (AvgIpc) is 2.80. The van der Waals surface area contributed by atoms with Crippen LogP contribution >= 0.6 is 0 Å².